The molecular formula is C12H23NO2S. The molecule has 3 atom stereocenters. The van der Waals surface area contributed by atoms with Crippen LogP contribution in [0.25, 0.3) is 0 Å². The second-order valence-corrected chi connectivity index (χ2v) is 5.62. The summed E-state index contributed by atoms with van der Waals surface area (Å²) < 4.78 is 0. The molecule has 4 heteroatoms. The van der Waals surface area contributed by atoms with Crippen LogP contribution < -0.4 is 5.32 Å². The summed E-state index contributed by atoms with van der Waals surface area (Å²) in [6, 6.07) is 0. The Hall–Kier alpha value is -0.220. The quantitative estimate of drug-likeness (QED) is 0.642. The maximum Gasteiger partial charge on any atom is 0.233 e. The van der Waals surface area contributed by atoms with Gasteiger partial charge in [-0.3, -0.25) is 4.79 Å². The first kappa shape index (κ1) is 13.8. The summed E-state index contributed by atoms with van der Waals surface area (Å²) in [6.45, 7) is 4.91. The molecule has 0 aromatic heterocycles. The largest absolute Gasteiger partial charge is 0.396 e. The minimum Gasteiger partial charge on any atom is -0.396 e. The fraction of sp³-hybridized carbons (Fsp3) is 0.917. The predicted molar refractivity (Wildman–Crippen MR) is 68.5 cm³/mol. The summed E-state index contributed by atoms with van der Waals surface area (Å²) in [6.07, 6.45) is 3.37. The van der Waals surface area contributed by atoms with Crippen molar-refractivity contribution >= 4 is 18.5 Å². The summed E-state index contributed by atoms with van der Waals surface area (Å²) in [7, 11) is 0. The number of aliphatic hydroxyl groups is 1. The van der Waals surface area contributed by atoms with Crippen LogP contribution in [0.3, 0.4) is 0 Å². The minimum atomic E-state index is -0.228. The Morgan fingerprint density at radius 3 is 2.62 bits per heavy atom. The summed E-state index contributed by atoms with van der Waals surface area (Å²) in [5.41, 5.74) is 0. The predicted octanol–water partition coefficient (Wildman–Crippen LogP) is 1.47. The molecule has 0 heterocycles. The van der Waals surface area contributed by atoms with Gasteiger partial charge in [0.05, 0.1) is 5.25 Å². The lowest BCUT2D eigenvalue weighted by atomic mass is 9.97. The van der Waals surface area contributed by atoms with Gasteiger partial charge in [0.1, 0.15) is 0 Å². The van der Waals surface area contributed by atoms with Crippen LogP contribution in [0.5, 0.6) is 0 Å². The van der Waals surface area contributed by atoms with Crippen molar-refractivity contribution in [2.45, 2.75) is 38.4 Å². The van der Waals surface area contributed by atoms with Gasteiger partial charge in [-0.2, -0.15) is 12.6 Å². The van der Waals surface area contributed by atoms with Gasteiger partial charge < -0.3 is 10.4 Å². The van der Waals surface area contributed by atoms with Crippen LogP contribution in [0.1, 0.15) is 33.1 Å². The van der Waals surface area contributed by atoms with Gasteiger partial charge in [-0.25, -0.2) is 0 Å². The molecule has 1 rings (SSSR count). The second kappa shape index (κ2) is 6.50. The van der Waals surface area contributed by atoms with E-state index < -0.39 is 0 Å². The molecular weight excluding hydrogens is 222 g/mol. The van der Waals surface area contributed by atoms with E-state index in [-0.39, 0.29) is 23.7 Å². The van der Waals surface area contributed by atoms with Gasteiger partial charge in [-0.15, -0.1) is 0 Å². The number of hydrogen-bond acceptors (Lipinski definition) is 3. The Balaban J connectivity index is 2.31. The number of carbonyl (C=O) groups is 1. The molecule has 16 heavy (non-hydrogen) atoms. The molecule has 0 aromatic rings. The fourth-order valence-electron chi connectivity index (χ4n) is 2.26. The van der Waals surface area contributed by atoms with E-state index in [9.17, 15) is 9.90 Å². The molecule has 0 bridgehead atoms. The first-order valence-corrected chi connectivity index (χ1v) is 6.64. The molecule has 1 saturated carbocycles. The van der Waals surface area contributed by atoms with Crippen molar-refractivity contribution in [2.24, 2.45) is 17.8 Å². The maximum absolute atomic E-state index is 11.7. The van der Waals surface area contributed by atoms with Crippen molar-refractivity contribution in [2.75, 3.05) is 13.2 Å². The monoisotopic (exact) mass is 245 g/mol. The third-order valence-corrected chi connectivity index (χ3v) is 4.32. The van der Waals surface area contributed by atoms with Gasteiger partial charge in [0.25, 0.3) is 0 Å². The maximum atomic E-state index is 11.7. The SMILES string of the molecule is CC(C)C(S)C(=O)NCC1CCCC1CO. The van der Waals surface area contributed by atoms with Crippen LogP contribution in [-0.4, -0.2) is 29.4 Å². The topological polar surface area (TPSA) is 49.3 Å². The molecule has 0 aromatic carbocycles. The van der Waals surface area contributed by atoms with Crippen molar-refractivity contribution < 1.29 is 9.90 Å². The number of nitrogens with one attached hydrogen (secondary N) is 1. The Morgan fingerprint density at radius 2 is 2.06 bits per heavy atom. The van der Waals surface area contributed by atoms with Crippen LogP contribution in [0, 0.1) is 17.8 Å². The number of hydrogen-bond donors (Lipinski definition) is 3. The number of amides is 1. The molecule has 3 nitrogen and oxygen atoms in total. The number of carbonyl (C=O) groups excluding carboxylic acids is 1. The van der Waals surface area contributed by atoms with Crippen molar-refractivity contribution in [1.29, 1.82) is 0 Å². The van der Waals surface area contributed by atoms with Crippen LogP contribution >= 0.6 is 12.6 Å². The highest BCUT2D eigenvalue weighted by Gasteiger charge is 2.27. The highest BCUT2D eigenvalue weighted by molar-refractivity contribution is 7.81. The van der Waals surface area contributed by atoms with Gasteiger partial charge in [-0.1, -0.05) is 20.3 Å². The number of thiol groups is 1. The molecule has 0 saturated heterocycles. The summed E-state index contributed by atoms with van der Waals surface area (Å²) in [4.78, 5) is 11.7. The highest BCUT2D eigenvalue weighted by Crippen LogP contribution is 2.30. The van der Waals surface area contributed by atoms with Crippen molar-refractivity contribution in [1.82, 2.24) is 5.32 Å². The smallest absolute Gasteiger partial charge is 0.233 e. The molecule has 1 aliphatic rings. The van der Waals surface area contributed by atoms with Crippen LogP contribution in [-0.2, 0) is 4.79 Å². The van der Waals surface area contributed by atoms with Gasteiger partial charge >= 0.3 is 0 Å². The first-order valence-electron chi connectivity index (χ1n) is 6.13. The lowest BCUT2D eigenvalue weighted by molar-refractivity contribution is -0.121. The van der Waals surface area contributed by atoms with Crippen molar-refractivity contribution in [3.05, 3.63) is 0 Å². The summed E-state index contributed by atoms with van der Waals surface area (Å²) in [5.74, 6) is 1.09. The van der Waals surface area contributed by atoms with Gasteiger partial charge in [0.2, 0.25) is 5.91 Å². The number of rotatable bonds is 5. The first-order chi connectivity index (χ1) is 7.56. The molecule has 2 N–H and O–H groups in total. The molecule has 1 aliphatic carbocycles. The molecule has 3 unspecified atom stereocenters. The molecule has 94 valence electrons. The van der Waals surface area contributed by atoms with E-state index >= 15 is 0 Å². The fourth-order valence-corrected chi connectivity index (χ4v) is 2.35. The average molecular weight is 245 g/mol. The van der Waals surface area contributed by atoms with Gasteiger partial charge in [-0.05, 0) is 30.6 Å². The van der Waals surface area contributed by atoms with Gasteiger partial charge in [0, 0.05) is 13.2 Å². The second-order valence-electron chi connectivity index (χ2n) is 5.07. The van der Waals surface area contributed by atoms with Crippen LogP contribution in [0.2, 0.25) is 0 Å². The Morgan fingerprint density at radius 1 is 1.44 bits per heavy atom. The van der Waals surface area contributed by atoms with E-state index in [0.29, 0.717) is 18.4 Å². The Bertz CT molecular complexity index is 233. The Kier molecular flexibility index (Phi) is 5.62. The lowest BCUT2D eigenvalue weighted by Gasteiger charge is -2.20. The van der Waals surface area contributed by atoms with Crippen LogP contribution in [0.4, 0.5) is 0 Å². The third kappa shape index (κ3) is 3.67. The molecule has 0 aliphatic heterocycles. The lowest BCUT2D eigenvalue weighted by Crippen LogP contribution is -2.38. The van der Waals surface area contributed by atoms with E-state index in [2.05, 4.69) is 17.9 Å². The van der Waals surface area contributed by atoms with Crippen molar-refractivity contribution in [3.63, 3.8) is 0 Å². The van der Waals surface area contributed by atoms with E-state index in [1.165, 1.54) is 6.42 Å². The minimum absolute atomic E-state index is 0.0157. The summed E-state index contributed by atoms with van der Waals surface area (Å²) >= 11 is 4.28. The highest BCUT2D eigenvalue weighted by atomic mass is 32.1. The number of aliphatic hydroxyl groups excluding tert-OH is 1. The zero-order valence-corrected chi connectivity index (χ0v) is 11.0. The summed E-state index contributed by atoms with van der Waals surface area (Å²) in [5, 5.41) is 11.9. The molecule has 1 amide bonds. The zero-order valence-electron chi connectivity index (χ0n) is 10.1. The van der Waals surface area contributed by atoms with Crippen LogP contribution in [0.15, 0.2) is 0 Å². The van der Waals surface area contributed by atoms with Crippen molar-refractivity contribution in [3.8, 4) is 0 Å². The normalized spacial score (nSPS) is 27.1. The Labute approximate surface area is 103 Å². The van der Waals surface area contributed by atoms with E-state index in [1.54, 1.807) is 0 Å². The van der Waals surface area contributed by atoms with Gasteiger partial charge in [0.15, 0.2) is 0 Å². The molecule has 0 spiro atoms. The molecule has 1 fully saturated rings. The molecule has 0 radical (unpaired) electrons. The van der Waals surface area contributed by atoms with E-state index in [4.69, 9.17) is 0 Å². The standard InChI is InChI=1S/C12H23NO2S/c1-8(2)11(16)12(15)13-6-9-4-3-5-10(9)7-14/h8-11,14,16H,3-7H2,1-2H3,(H,13,15). The van der Waals surface area contributed by atoms with E-state index in [0.717, 1.165) is 12.8 Å². The average Bonchev–Trinajstić information content (AvgIpc) is 2.71. The third-order valence-electron chi connectivity index (χ3n) is 3.49. The zero-order chi connectivity index (χ0) is 12.1. The van der Waals surface area contributed by atoms with E-state index in [1.807, 2.05) is 13.8 Å².